The maximum Gasteiger partial charge on any atom is 0.100 e. The molecule has 31 heavy (non-hydrogen) atoms. The molecule has 3 N–H and O–H groups in total. The van der Waals surface area contributed by atoms with Crippen LogP contribution in [0, 0.1) is 11.3 Å². The molecular formula is C26H42O4S. The van der Waals surface area contributed by atoms with E-state index in [0.717, 1.165) is 38.0 Å². The van der Waals surface area contributed by atoms with Crippen LogP contribution in [0.4, 0.5) is 0 Å². The molecule has 0 aromatic rings. The van der Waals surface area contributed by atoms with Gasteiger partial charge in [0.05, 0.1) is 25.9 Å². The predicted octanol–water partition coefficient (Wildman–Crippen LogP) is 4.79. The van der Waals surface area contributed by atoms with Crippen LogP contribution < -0.4 is 0 Å². The molecule has 0 amide bonds. The van der Waals surface area contributed by atoms with Gasteiger partial charge in [0.2, 0.25) is 0 Å². The predicted molar refractivity (Wildman–Crippen MR) is 129 cm³/mol. The second-order valence-electron chi connectivity index (χ2n) is 9.87. The molecule has 0 spiro atoms. The molecule has 0 aromatic heterocycles. The summed E-state index contributed by atoms with van der Waals surface area (Å²) in [5.41, 5.74) is 5.37. The first kappa shape index (κ1) is 25.0. The van der Waals surface area contributed by atoms with Gasteiger partial charge in [0.15, 0.2) is 0 Å². The van der Waals surface area contributed by atoms with Crippen LogP contribution >= 0.6 is 11.8 Å². The van der Waals surface area contributed by atoms with Crippen molar-refractivity contribution in [3.63, 3.8) is 0 Å². The SMILES string of the molecule is CCC1(CSCC2=CCC3/C(=C/C=C4/CCC[C@H](O)C4)CCCC23C)CO1.OCCO. The standard InChI is InChI=1S/C24H36O2S.C2H6O2/c1-3-24(16-26-24)17-27-15-20-11-12-22-19(7-5-13-23(20,22)2)10-9-18-6-4-8-21(25)14-18;3-1-2-4/h9-11,21-22,25H,3-8,12-17H2,1-2H3;3-4H,1-2H2/b18-9-,19-10+;/t21-,22?,23?,24?;/m0./s1. The van der Waals surface area contributed by atoms with Gasteiger partial charge in [0, 0.05) is 11.5 Å². The number of hydrogen-bond donors (Lipinski definition) is 3. The van der Waals surface area contributed by atoms with Crippen LogP contribution in [-0.4, -0.2) is 58.4 Å². The minimum Gasteiger partial charge on any atom is -0.394 e. The number of fused-ring (bicyclic) bond motifs is 1. The van der Waals surface area contributed by atoms with Crippen LogP contribution in [0.1, 0.15) is 71.6 Å². The maximum atomic E-state index is 9.92. The van der Waals surface area contributed by atoms with Crippen molar-refractivity contribution in [1.82, 2.24) is 0 Å². The highest BCUT2D eigenvalue weighted by Crippen LogP contribution is 2.55. The van der Waals surface area contributed by atoms with Crippen molar-refractivity contribution in [3.8, 4) is 0 Å². The van der Waals surface area contributed by atoms with Crippen molar-refractivity contribution >= 4 is 11.8 Å². The van der Waals surface area contributed by atoms with E-state index in [0.29, 0.717) is 11.3 Å². The summed E-state index contributed by atoms with van der Waals surface area (Å²) >= 11 is 2.08. The minimum absolute atomic E-state index is 0.112. The second-order valence-corrected chi connectivity index (χ2v) is 10.9. The molecule has 0 radical (unpaired) electrons. The Hall–Kier alpha value is -0.590. The zero-order valence-electron chi connectivity index (χ0n) is 19.4. The first-order chi connectivity index (χ1) is 15.0. The Morgan fingerprint density at radius 3 is 2.61 bits per heavy atom. The number of aliphatic hydroxyl groups excluding tert-OH is 3. The Bertz CT molecular complexity index is 677. The van der Waals surface area contributed by atoms with Gasteiger partial charge < -0.3 is 20.1 Å². The maximum absolute atomic E-state index is 9.92. The number of rotatable bonds is 7. The molecule has 1 aliphatic heterocycles. The lowest BCUT2D eigenvalue weighted by molar-refractivity contribution is 0.149. The summed E-state index contributed by atoms with van der Waals surface area (Å²) < 4.78 is 5.68. The summed E-state index contributed by atoms with van der Waals surface area (Å²) in [7, 11) is 0. The lowest BCUT2D eigenvalue weighted by atomic mass is 9.64. The van der Waals surface area contributed by atoms with Crippen molar-refractivity contribution in [2.75, 3.05) is 31.3 Å². The van der Waals surface area contributed by atoms with Crippen LogP contribution in [-0.2, 0) is 4.74 Å². The number of allylic oxidation sites excluding steroid dienone is 4. The third kappa shape index (κ3) is 6.48. The normalized spacial score (nSPS) is 37.3. The lowest BCUT2D eigenvalue weighted by Gasteiger charge is -2.41. The van der Waals surface area contributed by atoms with Crippen molar-refractivity contribution in [2.24, 2.45) is 11.3 Å². The van der Waals surface area contributed by atoms with E-state index in [4.69, 9.17) is 14.9 Å². The zero-order chi connectivity index (χ0) is 22.3. The van der Waals surface area contributed by atoms with E-state index in [2.05, 4.69) is 43.8 Å². The molecule has 0 aromatic carbocycles. The topological polar surface area (TPSA) is 73.2 Å². The van der Waals surface area contributed by atoms with E-state index >= 15 is 0 Å². The lowest BCUT2D eigenvalue weighted by Crippen LogP contribution is -2.31. The van der Waals surface area contributed by atoms with Gasteiger partial charge in [-0.05, 0) is 69.1 Å². The smallest absolute Gasteiger partial charge is 0.100 e. The molecular weight excluding hydrogens is 408 g/mol. The fourth-order valence-corrected chi connectivity index (χ4v) is 6.93. The Kier molecular flexibility index (Phi) is 9.30. The second kappa shape index (κ2) is 11.5. The molecule has 4 atom stereocenters. The molecule has 1 saturated heterocycles. The number of epoxide rings is 1. The zero-order valence-corrected chi connectivity index (χ0v) is 20.3. The van der Waals surface area contributed by atoms with Crippen molar-refractivity contribution in [1.29, 1.82) is 0 Å². The molecule has 4 rings (SSSR count). The number of ether oxygens (including phenoxy) is 1. The molecule has 3 aliphatic carbocycles. The number of hydrogen-bond acceptors (Lipinski definition) is 5. The Morgan fingerprint density at radius 1 is 1.19 bits per heavy atom. The quantitative estimate of drug-likeness (QED) is 0.384. The molecule has 4 nitrogen and oxygen atoms in total. The fraction of sp³-hybridized carbons (Fsp3) is 0.769. The molecule has 2 saturated carbocycles. The molecule has 1 heterocycles. The van der Waals surface area contributed by atoms with Gasteiger partial charge >= 0.3 is 0 Å². The largest absolute Gasteiger partial charge is 0.394 e. The van der Waals surface area contributed by atoms with E-state index in [1.807, 2.05) is 0 Å². The average molecular weight is 451 g/mol. The van der Waals surface area contributed by atoms with E-state index in [1.54, 1.807) is 11.1 Å². The van der Waals surface area contributed by atoms with E-state index in [1.165, 1.54) is 43.4 Å². The van der Waals surface area contributed by atoms with Gasteiger partial charge in [-0.2, -0.15) is 11.8 Å². The number of thioether (sulfide) groups is 1. The molecule has 3 fully saturated rings. The van der Waals surface area contributed by atoms with E-state index in [-0.39, 0.29) is 24.9 Å². The van der Waals surface area contributed by atoms with Crippen molar-refractivity contribution < 1.29 is 20.1 Å². The van der Waals surface area contributed by atoms with E-state index in [9.17, 15) is 5.11 Å². The molecule has 5 heteroatoms. The Labute approximate surface area is 192 Å². The van der Waals surface area contributed by atoms with Crippen LogP contribution in [0.15, 0.2) is 34.9 Å². The van der Waals surface area contributed by atoms with Gasteiger partial charge in [-0.15, -0.1) is 0 Å². The molecule has 3 unspecified atom stereocenters. The summed E-state index contributed by atoms with van der Waals surface area (Å²) in [6.07, 6.45) is 17.7. The summed E-state index contributed by atoms with van der Waals surface area (Å²) in [6.45, 7) is 5.48. The summed E-state index contributed by atoms with van der Waals surface area (Å²) in [6, 6.07) is 0. The average Bonchev–Trinajstić information content (AvgIpc) is 3.48. The highest BCUT2D eigenvalue weighted by atomic mass is 32.2. The molecule has 0 bridgehead atoms. The molecule has 176 valence electrons. The van der Waals surface area contributed by atoms with Crippen LogP contribution in [0.5, 0.6) is 0 Å². The minimum atomic E-state index is -0.125. The van der Waals surface area contributed by atoms with Crippen LogP contribution in [0.2, 0.25) is 0 Å². The summed E-state index contributed by atoms with van der Waals surface area (Å²) in [4.78, 5) is 0. The Morgan fingerprint density at radius 2 is 1.97 bits per heavy atom. The van der Waals surface area contributed by atoms with Crippen molar-refractivity contribution in [2.45, 2.75) is 83.3 Å². The van der Waals surface area contributed by atoms with Gasteiger partial charge in [0.25, 0.3) is 0 Å². The van der Waals surface area contributed by atoms with E-state index < -0.39 is 0 Å². The van der Waals surface area contributed by atoms with Gasteiger partial charge in [-0.25, -0.2) is 0 Å². The van der Waals surface area contributed by atoms with Gasteiger partial charge in [0.1, 0.15) is 5.60 Å². The van der Waals surface area contributed by atoms with Gasteiger partial charge in [-0.3, -0.25) is 0 Å². The monoisotopic (exact) mass is 450 g/mol. The van der Waals surface area contributed by atoms with Gasteiger partial charge in [-0.1, -0.05) is 48.8 Å². The highest BCUT2D eigenvalue weighted by Gasteiger charge is 2.46. The van der Waals surface area contributed by atoms with Crippen LogP contribution in [0.25, 0.3) is 0 Å². The number of aliphatic hydroxyl groups is 3. The third-order valence-corrected chi connectivity index (χ3v) is 8.94. The molecule has 4 aliphatic rings. The highest BCUT2D eigenvalue weighted by molar-refractivity contribution is 7.99. The first-order valence-electron chi connectivity index (χ1n) is 12.2. The first-order valence-corrected chi connectivity index (χ1v) is 13.3. The van der Waals surface area contributed by atoms with Crippen LogP contribution in [0.3, 0.4) is 0 Å². The fourth-order valence-electron chi connectivity index (χ4n) is 5.42. The summed E-state index contributed by atoms with van der Waals surface area (Å²) in [5, 5.41) is 25.2. The van der Waals surface area contributed by atoms with Crippen molar-refractivity contribution in [3.05, 3.63) is 34.9 Å². The third-order valence-electron chi connectivity index (χ3n) is 7.70. The Balaban J connectivity index is 0.000000628. The summed E-state index contributed by atoms with van der Waals surface area (Å²) in [5.74, 6) is 3.03.